The van der Waals surface area contributed by atoms with Gasteiger partial charge in [-0.1, -0.05) is 13.8 Å². The molecule has 3 heteroatoms. The molecule has 0 aliphatic rings. The molecule has 50 valence electrons. The Morgan fingerprint density at radius 3 is 1.75 bits per heavy atom. The van der Waals surface area contributed by atoms with Crippen LogP contribution in [0.25, 0.3) is 0 Å². The molecule has 0 unspecified atom stereocenters. The highest BCUT2D eigenvalue weighted by Crippen LogP contribution is 2.03. The molecule has 3 nitrogen and oxygen atoms in total. The third-order valence-electron chi connectivity index (χ3n) is 1.55. The standard InChI is InChI=1S/C5H15N3/c1-3-5(6,4-2)8-7/h8H,3-4,6-7H2,1-2H3. The SMILES string of the molecule is CCC(N)(CC)NN. The normalized spacial score (nSPS) is 12.0. The molecule has 5 N–H and O–H groups in total. The second-order valence-corrected chi connectivity index (χ2v) is 2.01. The summed E-state index contributed by atoms with van der Waals surface area (Å²) in [6.45, 7) is 4.01. The molecule has 0 radical (unpaired) electrons. The molecule has 0 aromatic carbocycles. The van der Waals surface area contributed by atoms with Crippen LogP contribution in [0.4, 0.5) is 0 Å². The molecule has 0 bridgehead atoms. The monoisotopic (exact) mass is 117 g/mol. The summed E-state index contributed by atoms with van der Waals surface area (Å²) in [5, 5.41) is 0. The lowest BCUT2D eigenvalue weighted by molar-refractivity contribution is 0.317. The molecule has 0 saturated heterocycles. The lowest BCUT2D eigenvalue weighted by atomic mass is 10.1. The van der Waals surface area contributed by atoms with Gasteiger partial charge < -0.3 is 5.73 Å². The maximum Gasteiger partial charge on any atom is 0.0784 e. The van der Waals surface area contributed by atoms with Crippen molar-refractivity contribution in [2.75, 3.05) is 0 Å². The first-order valence-electron chi connectivity index (χ1n) is 2.95. The van der Waals surface area contributed by atoms with Crippen LogP contribution in [0.2, 0.25) is 0 Å². The minimum atomic E-state index is -0.347. The smallest absolute Gasteiger partial charge is 0.0784 e. The molecule has 0 aliphatic carbocycles. The van der Waals surface area contributed by atoms with Gasteiger partial charge in [-0.15, -0.1) is 0 Å². The van der Waals surface area contributed by atoms with E-state index in [0.29, 0.717) is 0 Å². The first kappa shape index (κ1) is 7.88. The average molecular weight is 117 g/mol. The molecular formula is C5H15N3. The maximum atomic E-state index is 5.66. The van der Waals surface area contributed by atoms with Crippen LogP contribution >= 0.6 is 0 Å². The van der Waals surface area contributed by atoms with Gasteiger partial charge in [0, 0.05) is 0 Å². The van der Waals surface area contributed by atoms with E-state index in [2.05, 4.69) is 5.43 Å². The van der Waals surface area contributed by atoms with Gasteiger partial charge in [-0.25, -0.2) is 5.43 Å². The van der Waals surface area contributed by atoms with E-state index in [1.165, 1.54) is 0 Å². The van der Waals surface area contributed by atoms with Crippen LogP contribution in [-0.2, 0) is 0 Å². The molecular weight excluding hydrogens is 102 g/mol. The van der Waals surface area contributed by atoms with Gasteiger partial charge in [-0.3, -0.25) is 5.84 Å². The van der Waals surface area contributed by atoms with Crippen molar-refractivity contribution in [1.29, 1.82) is 0 Å². The summed E-state index contributed by atoms with van der Waals surface area (Å²) in [7, 11) is 0. The number of nitrogens with one attached hydrogen (secondary N) is 1. The number of hydrogen-bond donors (Lipinski definition) is 3. The fourth-order valence-electron chi connectivity index (χ4n) is 0.454. The van der Waals surface area contributed by atoms with Crippen LogP contribution in [0.15, 0.2) is 0 Å². The third-order valence-corrected chi connectivity index (χ3v) is 1.55. The average Bonchev–Trinajstić information content (AvgIpc) is 1.87. The highest BCUT2D eigenvalue weighted by molar-refractivity contribution is 4.73. The van der Waals surface area contributed by atoms with E-state index in [9.17, 15) is 0 Å². The summed E-state index contributed by atoms with van der Waals surface area (Å²) in [5.41, 5.74) is 7.87. The number of hydrazine groups is 1. The molecule has 0 saturated carbocycles. The molecule has 0 aromatic heterocycles. The zero-order valence-electron chi connectivity index (χ0n) is 5.57. The second kappa shape index (κ2) is 3.02. The molecule has 0 spiro atoms. The predicted octanol–water partition coefficient (Wildman–Crippen LogP) is -0.0753. The molecule has 0 fully saturated rings. The highest BCUT2D eigenvalue weighted by atomic mass is 15.3. The fraction of sp³-hybridized carbons (Fsp3) is 1.00. The van der Waals surface area contributed by atoms with Gasteiger partial charge >= 0.3 is 0 Å². The van der Waals surface area contributed by atoms with E-state index < -0.39 is 0 Å². The Morgan fingerprint density at radius 1 is 1.38 bits per heavy atom. The molecule has 0 atom stereocenters. The first-order valence-corrected chi connectivity index (χ1v) is 2.95. The van der Waals surface area contributed by atoms with Crippen molar-refractivity contribution < 1.29 is 0 Å². The molecule has 0 aliphatic heterocycles. The second-order valence-electron chi connectivity index (χ2n) is 2.01. The maximum absolute atomic E-state index is 5.66. The van der Waals surface area contributed by atoms with Gasteiger partial charge in [0.15, 0.2) is 0 Å². The lowest BCUT2D eigenvalue weighted by Crippen LogP contribution is -2.55. The topological polar surface area (TPSA) is 64.1 Å². The van der Waals surface area contributed by atoms with Crippen LogP contribution in [0.1, 0.15) is 26.7 Å². The van der Waals surface area contributed by atoms with E-state index in [1.54, 1.807) is 0 Å². The van der Waals surface area contributed by atoms with Gasteiger partial charge in [0.05, 0.1) is 5.66 Å². The summed E-state index contributed by atoms with van der Waals surface area (Å²) >= 11 is 0. The van der Waals surface area contributed by atoms with Crippen molar-refractivity contribution in [2.24, 2.45) is 11.6 Å². The van der Waals surface area contributed by atoms with Crippen LogP contribution in [0.5, 0.6) is 0 Å². The van der Waals surface area contributed by atoms with Gasteiger partial charge in [-0.2, -0.15) is 0 Å². The quantitative estimate of drug-likeness (QED) is 0.275. The largest absolute Gasteiger partial charge is 0.312 e. The van der Waals surface area contributed by atoms with Crippen LogP contribution < -0.4 is 17.0 Å². The van der Waals surface area contributed by atoms with Gasteiger partial charge in [0.1, 0.15) is 0 Å². The predicted molar refractivity (Wildman–Crippen MR) is 34.8 cm³/mol. The van der Waals surface area contributed by atoms with Crippen molar-refractivity contribution in [2.45, 2.75) is 32.4 Å². The van der Waals surface area contributed by atoms with Crippen molar-refractivity contribution in [3.63, 3.8) is 0 Å². The van der Waals surface area contributed by atoms with Crippen molar-refractivity contribution >= 4 is 0 Å². The molecule has 0 heterocycles. The summed E-state index contributed by atoms with van der Waals surface area (Å²) in [6, 6.07) is 0. The highest BCUT2D eigenvalue weighted by Gasteiger charge is 2.15. The minimum absolute atomic E-state index is 0.347. The van der Waals surface area contributed by atoms with E-state index in [1.807, 2.05) is 13.8 Å². The fourth-order valence-corrected chi connectivity index (χ4v) is 0.454. The van der Waals surface area contributed by atoms with Crippen molar-refractivity contribution in [3.05, 3.63) is 0 Å². The van der Waals surface area contributed by atoms with Crippen LogP contribution in [0.3, 0.4) is 0 Å². The summed E-state index contributed by atoms with van der Waals surface area (Å²) in [6.07, 6.45) is 1.72. The lowest BCUT2D eigenvalue weighted by Gasteiger charge is -2.24. The van der Waals surface area contributed by atoms with Crippen molar-refractivity contribution in [3.8, 4) is 0 Å². The summed E-state index contributed by atoms with van der Waals surface area (Å²) in [4.78, 5) is 0. The van der Waals surface area contributed by atoms with E-state index in [-0.39, 0.29) is 5.66 Å². The third kappa shape index (κ3) is 1.78. The number of rotatable bonds is 3. The summed E-state index contributed by atoms with van der Waals surface area (Å²) < 4.78 is 0. The van der Waals surface area contributed by atoms with E-state index in [4.69, 9.17) is 11.6 Å². The number of hydrogen-bond acceptors (Lipinski definition) is 3. The zero-order chi connectivity index (χ0) is 6.62. The van der Waals surface area contributed by atoms with E-state index in [0.717, 1.165) is 12.8 Å². The molecule has 0 rings (SSSR count). The summed E-state index contributed by atoms with van der Waals surface area (Å²) in [5.74, 6) is 5.15. The minimum Gasteiger partial charge on any atom is -0.312 e. The first-order chi connectivity index (χ1) is 3.68. The Hall–Kier alpha value is -0.120. The van der Waals surface area contributed by atoms with Gasteiger partial charge in [-0.05, 0) is 12.8 Å². The van der Waals surface area contributed by atoms with Crippen molar-refractivity contribution in [1.82, 2.24) is 5.43 Å². The molecule has 0 amide bonds. The van der Waals surface area contributed by atoms with E-state index >= 15 is 0 Å². The van der Waals surface area contributed by atoms with Crippen LogP contribution in [-0.4, -0.2) is 5.66 Å². The molecule has 8 heavy (non-hydrogen) atoms. The van der Waals surface area contributed by atoms with Gasteiger partial charge in [0.2, 0.25) is 0 Å². The molecule has 0 aromatic rings. The Balaban J connectivity index is 3.58. The van der Waals surface area contributed by atoms with Gasteiger partial charge in [0.25, 0.3) is 0 Å². The Morgan fingerprint density at radius 2 is 1.75 bits per heavy atom. The zero-order valence-corrected chi connectivity index (χ0v) is 5.57. The Bertz CT molecular complexity index is 50.4. The Labute approximate surface area is 50.4 Å². The van der Waals surface area contributed by atoms with Crippen LogP contribution in [0, 0.1) is 0 Å². The number of nitrogens with two attached hydrogens (primary N) is 2. The Kier molecular flexibility index (Phi) is 2.97.